The number of fused-ring (bicyclic) bond motifs is 2. The second-order valence-corrected chi connectivity index (χ2v) is 4.57. The summed E-state index contributed by atoms with van der Waals surface area (Å²) >= 11 is 0. The van der Waals surface area contributed by atoms with Gasteiger partial charge in [-0.15, -0.1) is 0 Å². The number of hydrogen-bond donors (Lipinski definition) is 1. The average Bonchev–Trinajstić information content (AvgIpc) is 2.74. The van der Waals surface area contributed by atoms with E-state index in [9.17, 15) is 4.79 Å². The molecule has 2 bridgehead atoms. The molecule has 1 amide bonds. The van der Waals surface area contributed by atoms with Crippen LogP contribution in [0.25, 0.3) is 0 Å². The summed E-state index contributed by atoms with van der Waals surface area (Å²) in [6, 6.07) is 1.19. The van der Waals surface area contributed by atoms with Gasteiger partial charge in [-0.25, -0.2) is 0 Å². The molecule has 4 aliphatic rings. The minimum atomic E-state index is -0.189. The van der Waals surface area contributed by atoms with E-state index in [1.807, 2.05) is 6.92 Å². The van der Waals surface area contributed by atoms with Crippen molar-refractivity contribution in [1.29, 1.82) is 0 Å². The molecule has 0 aromatic heterocycles. The first-order valence-corrected chi connectivity index (χ1v) is 4.78. The number of hydrogen-bond acceptors (Lipinski definition) is 2. The van der Waals surface area contributed by atoms with Gasteiger partial charge in [0.2, 0.25) is 5.91 Å². The Morgan fingerprint density at radius 2 is 2.25 bits per heavy atom. The molecule has 3 heteroatoms. The predicted octanol–water partition coefficient (Wildman–Crippen LogP) is 0.112. The molecule has 3 heterocycles. The Labute approximate surface area is 72.1 Å². The summed E-state index contributed by atoms with van der Waals surface area (Å²) in [6.07, 6.45) is 3.51. The van der Waals surface area contributed by atoms with Crippen LogP contribution in [0.5, 0.6) is 0 Å². The van der Waals surface area contributed by atoms with E-state index >= 15 is 0 Å². The molecule has 4 fully saturated rings. The van der Waals surface area contributed by atoms with E-state index in [1.165, 1.54) is 12.8 Å². The quantitative estimate of drug-likeness (QED) is 0.599. The van der Waals surface area contributed by atoms with Gasteiger partial charge in [-0.3, -0.25) is 10.1 Å². The van der Waals surface area contributed by atoms with Crippen LogP contribution in [0, 0.1) is 0 Å². The number of piperazine rings is 1. The smallest absolute Gasteiger partial charge is 0.242 e. The molecule has 1 saturated carbocycles. The van der Waals surface area contributed by atoms with Crippen LogP contribution >= 0.6 is 0 Å². The molecular weight excluding hydrogens is 152 g/mol. The van der Waals surface area contributed by atoms with E-state index in [4.69, 9.17) is 0 Å². The maximum absolute atomic E-state index is 11.8. The molecule has 0 spiro atoms. The summed E-state index contributed by atoms with van der Waals surface area (Å²) in [5.74, 6) is 0.340. The van der Waals surface area contributed by atoms with Crippen molar-refractivity contribution in [3.05, 3.63) is 0 Å². The second kappa shape index (κ2) is 1.84. The van der Waals surface area contributed by atoms with Gasteiger partial charge in [0.15, 0.2) is 0 Å². The van der Waals surface area contributed by atoms with Crippen LogP contribution in [0.1, 0.15) is 26.2 Å². The molecule has 0 aromatic carbocycles. The van der Waals surface area contributed by atoms with Crippen molar-refractivity contribution in [3.8, 4) is 0 Å². The van der Waals surface area contributed by atoms with Gasteiger partial charge in [0.25, 0.3) is 0 Å². The lowest BCUT2D eigenvalue weighted by Crippen LogP contribution is -2.77. The first-order chi connectivity index (χ1) is 5.69. The molecule has 2 atom stereocenters. The molecule has 3 saturated heterocycles. The zero-order valence-electron chi connectivity index (χ0n) is 7.34. The zero-order valence-corrected chi connectivity index (χ0v) is 7.34. The summed E-state index contributed by atoms with van der Waals surface area (Å²) in [4.78, 5) is 13.9. The number of piperidine rings is 1. The molecule has 66 valence electrons. The first-order valence-electron chi connectivity index (χ1n) is 4.78. The standard InChI is InChI=1S/C9H14N2O/c1-9-4-6(10-9)5-11(8(9)12)7-2-3-7/h6-7,10H,2-5H2,1H3/t6-,9+/m0/s1. The highest BCUT2D eigenvalue weighted by atomic mass is 16.2. The summed E-state index contributed by atoms with van der Waals surface area (Å²) in [6.45, 7) is 2.99. The van der Waals surface area contributed by atoms with Crippen LogP contribution in [0.3, 0.4) is 0 Å². The van der Waals surface area contributed by atoms with Crippen molar-refractivity contribution in [1.82, 2.24) is 10.2 Å². The maximum Gasteiger partial charge on any atom is 0.242 e. The van der Waals surface area contributed by atoms with Gasteiger partial charge in [-0.1, -0.05) is 0 Å². The highest BCUT2D eigenvalue weighted by Crippen LogP contribution is 2.38. The number of carbonyl (C=O) groups excluding carboxylic acids is 1. The van der Waals surface area contributed by atoms with E-state index in [-0.39, 0.29) is 5.54 Å². The molecule has 3 nitrogen and oxygen atoms in total. The number of nitrogens with one attached hydrogen (secondary N) is 1. The van der Waals surface area contributed by atoms with Crippen LogP contribution in [0.15, 0.2) is 0 Å². The van der Waals surface area contributed by atoms with Crippen molar-refractivity contribution >= 4 is 5.91 Å². The van der Waals surface area contributed by atoms with Gasteiger partial charge >= 0.3 is 0 Å². The average molecular weight is 166 g/mol. The predicted molar refractivity (Wildman–Crippen MR) is 44.7 cm³/mol. The highest BCUT2D eigenvalue weighted by Gasteiger charge is 2.55. The fourth-order valence-corrected chi connectivity index (χ4v) is 2.52. The molecule has 0 aromatic rings. The van der Waals surface area contributed by atoms with E-state index in [0.29, 0.717) is 18.0 Å². The van der Waals surface area contributed by atoms with E-state index in [1.54, 1.807) is 0 Å². The largest absolute Gasteiger partial charge is 0.337 e. The third-order valence-corrected chi connectivity index (χ3v) is 3.31. The second-order valence-electron chi connectivity index (χ2n) is 4.57. The Morgan fingerprint density at radius 3 is 2.83 bits per heavy atom. The van der Waals surface area contributed by atoms with Crippen molar-refractivity contribution in [2.45, 2.75) is 43.8 Å². The molecule has 3 aliphatic heterocycles. The zero-order chi connectivity index (χ0) is 8.34. The Kier molecular flexibility index (Phi) is 1.06. The molecule has 0 radical (unpaired) electrons. The lowest BCUT2D eigenvalue weighted by molar-refractivity contribution is -0.152. The van der Waals surface area contributed by atoms with Crippen LogP contribution < -0.4 is 5.32 Å². The van der Waals surface area contributed by atoms with Gasteiger partial charge in [0, 0.05) is 18.6 Å². The molecule has 0 unspecified atom stereocenters. The number of amides is 1. The third kappa shape index (κ3) is 0.724. The van der Waals surface area contributed by atoms with Crippen molar-refractivity contribution in [2.24, 2.45) is 0 Å². The Hall–Kier alpha value is -0.570. The Balaban J connectivity index is 1.84. The maximum atomic E-state index is 11.8. The minimum absolute atomic E-state index is 0.189. The summed E-state index contributed by atoms with van der Waals surface area (Å²) in [7, 11) is 0. The molecule has 1 aliphatic carbocycles. The van der Waals surface area contributed by atoms with Gasteiger partial charge in [0.1, 0.15) is 0 Å². The SMILES string of the molecule is C[C@@]12C[C@@H](CN(C3CC3)C1=O)N2. The van der Waals surface area contributed by atoms with Crippen molar-refractivity contribution in [2.75, 3.05) is 6.54 Å². The van der Waals surface area contributed by atoms with Gasteiger partial charge in [-0.05, 0) is 26.2 Å². The van der Waals surface area contributed by atoms with Crippen LogP contribution in [-0.4, -0.2) is 35.0 Å². The number of carbonyl (C=O) groups is 1. The number of rotatable bonds is 1. The molecule has 4 rings (SSSR count). The molecular formula is C9H14N2O. The Morgan fingerprint density at radius 1 is 1.58 bits per heavy atom. The van der Waals surface area contributed by atoms with Gasteiger partial charge < -0.3 is 4.90 Å². The fourth-order valence-electron chi connectivity index (χ4n) is 2.52. The topological polar surface area (TPSA) is 32.3 Å². The fraction of sp³-hybridized carbons (Fsp3) is 0.889. The monoisotopic (exact) mass is 166 g/mol. The van der Waals surface area contributed by atoms with E-state index in [0.717, 1.165) is 13.0 Å². The molecule has 1 N–H and O–H groups in total. The summed E-state index contributed by atoms with van der Waals surface area (Å²) in [5, 5.41) is 3.33. The van der Waals surface area contributed by atoms with E-state index < -0.39 is 0 Å². The summed E-state index contributed by atoms with van der Waals surface area (Å²) in [5.41, 5.74) is -0.189. The first kappa shape index (κ1) is 6.89. The Bertz CT molecular complexity index is 241. The normalized spacial score (nSPS) is 45.9. The van der Waals surface area contributed by atoms with Crippen molar-refractivity contribution < 1.29 is 4.79 Å². The molecule has 12 heavy (non-hydrogen) atoms. The van der Waals surface area contributed by atoms with Crippen LogP contribution in [0.2, 0.25) is 0 Å². The lowest BCUT2D eigenvalue weighted by Gasteiger charge is -2.54. The van der Waals surface area contributed by atoms with Crippen molar-refractivity contribution in [3.63, 3.8) is 0 Å². The van der Waals surface area contributed by atoms with Crippen LogP contribution in [0.4, 0.5) is 0 Å². The third-order valence-electron chi connectivity index (χ3n) is 3.31. The highest BCUT2D eigenvalue weighted by molar-refractivity contribution is 5.89. The minimum Gasteiger partial charge on any atom is -0.337 e. The van der Waals surface area contributed by atoms with E-state index in [2.05, 4.69) is 10.2 Å². The number of nitrogens with zero attached hydrogens (tertiary/aromatic N) is 1. The van der Waals surface area contributed by atoms with Crippen LogP contribution in [-0.2, 0) is 4.79 Å². The lowest BCUT2D eigenvalue weighted by atomic mass is 9.78. The summed E-state index contributed by atoms with van der Waals surface area (Å²) < 4.78 is 0. The van der Waals surface area contributed by atoms with Gasteiger partial charge in [0.05, 0.1) is 5.54 Å². The van der Waals surface area contributed by atoms with Gasteiger partial charge in [-0.2, -0.15) is 0 Å².